The molecule has 0 aromatic carbocycles. The van der Waals surface area contributed by atoms with Gasteiger partial charge in [0.05, 0.1) is 12.0 Å². The molecule has 0 unspecified atom stereocenters. The predicted molar refractivity (Wildman–Crippen MR) is 109 cm³/mol. The van der Waals surface area contributed by atoms with E-state index in [1.54, 1.807) is 11.3 Å². The lowest BCUT2D eigenvalue weighted by Crippen LogP contribution is -2.39. The maximum Gasteiger partial charge on any atom is 0.141 e. The average molecular weight is 378 g/mol. The van der Waals surface area contributed by atoms with Crippen LogP contribution in [0, 0.1) is 19.8 Å². The van der Waals surface area contributed by atoms with Crippen molar-refractivity contribution in [2.45, 2.75) is 33.1 Å². The van der Waals surface area contributed by atoms with Crippen LogP contribution in [-0.4, -0.2) is 66.4 Å². The Hall–Kier alpha value is -1.28. The van der Waals surface area contributed by atoms with E-state index in [0.717, 1.165) is 42.7 Å². The van der Waals surface area contributed by atoms with Gasteiger partial charge in [-0.25, -0.2) is 9.97 Å². The molecule has 1 aliphatic rings. The fourth-order valence-corrected chi connectivity index (χ4v) is 4.84. The van der Waals surface area contributed by atoms with Crippen LogP contribution < -0.4 is 10.6 Å². The molecule has 26 heavy (non-hydrogen) atoms. The third-order valence-corrected chi connectivity index (χ3v) is 6.54. The lowest BCUT2D eigenvalue weighted by Gasteiger charge is -2.34. The number of β-amino-alcohol motifs (C(OH)–C–C–N with tert-alkyl or cyclic N) is 1. The lowest BCUT2D eigenvalue weighted by molar-refractivity contribution is 0.149. The van der Waals surface area contributed by atoms with Gasteiger partial charge in [-0.05, 0) is 57.8 Å². The zero-order chi connectivity index (χ0) is 18.7. The molecule has 0 bridgehead atoms. The highest BCUT2D eigenvalue weighted by molar-refractivity contribution is 7.18. The van der Waals surface area contributed by atoms with Gasteiger partial charge in [0.25, 0.3) is 0 Å². The molecule has 0 saturated carbocycles. The topological polar surface area (TPSA) is 78.5 Å². The molecule has 1 saturated heterocycles. The van der Waals surface area contributed by atoms with Gasteiger partial charge in [-0.15, -0.1) is 11.3 Å². The van der Waals surface area contributed by atoms with Crippen LogP contribution in [0.15, 0.2) is 0 Å². The fourth-order valence-electron chi connectivity index (χ4n) is 3.80. The normalized spacial score (nSPS) is 16.5. The van der Waals surface area contributed by atoms with Crippen molar-refractivity contribution in [2.75, 3.05) is 51.3 Å². The second kappa shape index (κ2) is 8.61. The molecule has 0 atom stereocenters. The zero-order valence-electron chi connectivity index (χ0n) is 16.2. The van der Waals surface area contributed by atoms with E-state index in [1.165, 1.54) is 28.7 Å². The third kappa shape index (κ3) is 4.17. The Bertz CT molecular complexity index is 739. The van der Waals surface area contributed by atoms with Gasteiger partial charge in [0, 0.05) is 31.4 Å². The second-order valence-corrected chi connectivity index (χ2v) is 8.56. The molecule has 3 N–H and O–H groups in total. The Morgan fingerprint density at radius 2 is 2.00 bits per heavy atom. The smallest absolute Gasteiger partial charge is 0.141 e. The van der Waals surface area contributed by atoms with Gasteiger partial charge < -0.3 is 20.6 Å². The van der Waals surface area contributed by atoms with E-state index in [0.29, 0.717) is 18.9 Å². The number of rotatable bonds is 7. The molecule has 2 aromatic rings. The fraction of sp³-hybridized carbons (Fsp3) is 0.684. The summed E-state index contributed by atoms with van der Waals surface area (Å²) in [6.07, 6.45) is 3.07. The standard InChI is InChI=1S/C19H31N5OS/c1-13-14(2)26-19-17(13)18(21-16(22-19)4-7-20)23(3)12-15-5-8-24(9-6-15)10-11-25/h15,25H,4-12,20H2,1-3H3. The number of likely N-dealkylation sites (tertiary alicyclic amines) is 1. The van der Waals surface area contributed by atoms with E-state index >= 15 is 0 Å². The van der Waals surface area contributed by atoms with Gasteiger partial charge >= 0.3 is 0 Å². The van der Waals surface area contributed by atoms with E-state index in [2.05, 4.69) is 30.7 Å². The van der Waals surface area contributed by atoms with E-state index in [1.807, 2.05) is 0 Å². The first-order chi connectivity index (χ1) is 12.5. The number of nitrogens with zero attached hydrogens (tertiary/aromatic N) is 4. The van der Waals surface area contributed by atoms with E-state index < -0.39 is 0 Å². The molecular weight excluding hydrogens is 346 g/mol. The number of piperidine rings is 1. The highest BCUT2D eigenvalue weighted by atomic mass is 32.1. The van der Waals surface area contributed by atoms with E-state index in [9.17, 15) is 0 Å². The number of anilines is 1. The first kappa shape index (κ1) is 19.5. The summed E-state index contributed by atoms with van der Waals surface area (Å²) >= 11 is 1.75. The highest BCUT2D eigenvalue weighted by Gasteiger charge is 2.23. The van der Waals surface area contributed by atoms with Crippen molar-refractivity contribution in [3.63, 3.8) is 0 Å². The number of fused-ring (bicyclic) bond motifs is 1. The molecule has 3 rings (SSSR count). The van der Waals surface area contributed by atoms with Crippen LogP contribution in [0.4, 0.5) is 5.82 Å². The summed E-state index contributed by atoms with van der Waals surface area (Å²) in [6, 6.07) is 0. The minimum Gasteiger partial charge on any atom is -0.395 e. The summed E-state index contributed by atoms with van der Waals surface area (Å²) in [5.41, 5.74) is 7.04. The Kier molecular flexibility index (Phi) is 6.45. The van der Waals surface area contributed by atoms with Gasteiger partial charge in [-0.2, -0.15) is 0 Å². The minimum absolute atomic E-state index is 0.254. The summed E-state index contributed by atoms with van der Waals surface area (Å²) in [4.78, 5) is 16.7. The average Bonchev–Trinajstić information content (AvgIpc) is 2.91. The van der Waals surface area contributed by atoms with Gasteiger partial charge in [0.2, 0.25) is 0 Å². The van der Waals surface area contributed by atoms with Crippen molar-refractivity contribution in [3.8, 4) is 0 Å². The maximum absolute atomic E-state index is 9.10. The largest absolute Gasteiger partial charge is 0.395 e. The molecule has 0 amide bonds. The van der Waals surface area contributed by atoms with Gasteiger partial charge in [0.1, 0.15) is 16.5 Å². The second-order valence-electron chi connectivity index (χ2n) is 7.35. The Morgan fingerprint density at radius 1 is 1.27 bits per heavy atom. The SMILES string of the molecule is Cc1sc2nc(CCN)nc(N(C)CC3CCN(CCO)CC3)c2c1C. The van der Waals surface area contributed by atoms with Gasteiger partial charge in [0.15, 0.2) is 0 Å². The quantitative estimate of drug-likeness (QED) is 0.768. The summed E-state index contributed by atoms with van der Waals surface area (Å²) < 4.78 is 0. The Labute approximate surface area is 160 Å². The Balaban J connectivity index is 1.80. The predicted octanol–water partition coefficient (Wildman–Crippen LogP) is 1.95. The van der Waals surface area contributed by atoms with Crippen LogP contribution in [0.5, 0.6) is 0 Å². The summed E-state index contributed by atoms with van der Waals surface area (Å²) in [5, 5.41) is 10.3. The van der Waals surface area contributed by atoms with E-state index in [-0.39, 0.29) is 6.61 Å². The van der Waals surface area contributed by atoms with Crippen molar-refractivity contribution in [1.82, 2.24) is 14.9 Å². The van der Waals surface area contributed by atoms with Crippen LogP contribution >= 0.6 is 11.3 Å². The van der Waals surface area contributed by atoms with Crippen molar-refractivity contribution < 1.29 is 5.11 Å². The molecule has 3 heterocycles. The summed E-state index contributed by atoms with van der Waals surface area (Å²) in [7, 11) is 2.15. The molecule has 1 aliphatic heterocycles. The number of thiophene rings is 1. The molecular formula is C19H31N5OS. The van der Waals surface area contributed by atoms with Crippen molar-refractivity contribution in [3.05, 3.63) is 16.3 Å². The zero-order valence-corrected chi connectivity index (χ0v) is 17.0. The molecule has 7 heteroatoms. The summed E-state index contributed by atoms with van der Waals surface area (Å²) in [6.45, 7) is 9.11. The molecule has 0 aliphatic carbocycles. The van der Waals surface area contributed by atoms with Gasteiger partial charge in [-0.3, -0.25) is 0 Å². The molecule has 2 aromatic heterocycles. The molecule has 0 radical (unpaired) electrons. The first-order valence-corrected chi connectivity index (χ1v) is 10.4. The van der Waals surface area contributed by atoms with Crippen molar-refractivity contribution in [1.29, 1.82) is 0 Å². The number of aryl methyl sites for hydroxylation is 2. The lowest BCUT2D eigenvalue weighted by atomic mass is 9.96. The molecule has 6 nitrogen and oxygen atoms in total. The van der Waals surface area contributed by atoms with Crippen LogP contribution in [0.2, 0.25) is 0 Å². The minimum atomic E-state index is 0.254. The first-order valence-electron chi connectivity index (χ1n) is 9.54. The maximum atomic E-state index is 9.10. The molecule has 1 fully saturated rings. The number of aromatic nitrogens is 2. The Morgan fingerprint density at radius 3 is 2.65 bits per heavy atom. The number of hydrogen-bond donors (Lipinski definition) is 2. The van der Waals surface area contributed by atoms with Gasteiger partial charge in [-0.1, -0.05) is 0 Å². The number of hydrogen-bond acceptors (Lipinski definition) is 7. The van der Waals surface area contributed by atoms with Crippen LogP contribution in [0.3, 0.4) is 0 Å². The number of aliphatic hydroxyl groups excluding tert-OH is 1. The van der Waals surface area contributed by atoms with E-state index in [4.69, 9.17) is 20.8 Å². The highest BCUT2D eigenvalue weighted by Crippen LogP contribution is 2.35. The van der Waals surface area contributed by atoms with Crippen molar-refractivity contribution >= 4 is 27.4 Å². The third-order valence-electron chi connectivity index (χ3n) is 5.44. The van der Waals surface area contributed by atoms with Crippen molar-refractivity contribution in [2.24, 2.45) is 11.7 Å². The molecule has 144 valence electrons. The van der Waals surface area contributed by atoms with Crippen LogP contribution in [0.1, 0.15) is 29.1 Å². The summed E-state index contributed by atoms with van der Waals surface area (Å²) in [5.74, 6) is 2.57. The number of aliphatic hydroxyl groups is 1. The van der Waals surface area contributed by atoms with Crippen LogP contribution in [0.25, 0.3) is 10.2 Å². The molecule has 0 spiro atoms. The monoisotopic (exact) mass is 377 g/mol. The number of nitrogens with two attached hydrogens (primary N) is 1. The van der Waals surface area contributed by atoms with Crippen LogP contribution in [-0.2, 0) is 6.42 Å².